The van der Waals surface area contributed by atoms with Crippen LogP contribution in [-0.4, -0.2) is 73.4 Å². The summed E-state index contributed by atoms with van der Waals surface area (Å²) in [7, 11) is 1.60. The number of allylic oxidation sites excluding steroid dienone is 3. The topological polar surface area (TPSA) is 105 Å². The molecule has 88 heavy (non-hydrogen) atoms. The van der Waals surface area contributed by atoms with E-state index in [-0.39, 0.29) is 19.1 Å². The van der Waals surface area contributed by atoms with Gasteiger partial charge in [-0.3, -0.25) is 13.8 Å². The standard InChI is InChI=1S/C79H157N2O6P/c1-6-8-10-12-14-16-18-20-22-24-26-28-30-32-34-36-37-38-39-40-41-42-43-45-47-49-51-53-55-57-59-61-63-65-67-69-71-73-79(83)80-77(76-87-88(84,85)86-75-74-81(3,4)5)78(82)72-70-68-66-64-62-60-58-56-54-52-50-48-46-44-35-33-31-29-27-25-23-21-19-17-15-13-11-9-7-2/h24,26,70,72,77-78,82H,6-23,25,27-69,71,73-76H2,1-5H3,(H-,80,83,84,85)/p+1/b26-24-,72-70+. The second-order valence-electron chi connectivity index (χ2n) is 28.8. The van der Waals surface area contributed by atoms with Crippen molar-refractivity contribution >= 4 is 13.7 Å². The van der Waals surface area contributed by atoms with Crippen molar-refractivity contribution in [2.45, 2.75) is 437 Å². The molecule has 0 fully saturated rings. The quantitative estimate of drug-likeness (QED) is 0.0243. The lowest BCUT2D eigenvalue weighted by atomic mass is 10.0. The summed E-state index contributed by atoms with van der Waals surface area (Å²) in [6, 6.07) is -0.846. The summed E-state index contributed by atoms with van der Waals surface area (Å²) in [5.74, 6) is -0.166. The van der Waals surface area contributed by atoms with Gasteiger partial charge in [-0.25, -0.2) is 4.57 Å². The molecule has 0 rings (SSSR count). The zero-order chi connectivity index (χ0) is 64.1. The number of unbranched alkanes of at least 4 members (excludes halogenated alkanes) is 60. The lowest BCUT2D eigenvalue weighted by Gasteiger charge is -2.25. The van der Waals surface area contributed by atoms with Crippen LogP contribution in [0.15, 0.2) is 24.3 Å². The van der Waals surface area contributed by atoms with E-state index in [1.807, 2.05) is 27.2 Å². The molecule has 3 unspecified atom stereocenters. The van der Waals surface area contributed by atoms with Gasteiger partial charge in [0.2, 0.25) is 5.91 Å². The number of hydrogen-bond acceptors (Lipinski definition) is 5. The summed E-state index contributed by atoms with van der Waals surface area (Å²) in [5, 5.41) is 14.1. The summed E-state index contributed by atoms with van der Waals surface area (Å²) in [4.78, 5) is 23.5. The monoisotopic (exact) mass is 1260 g/mol. The first-order valence-corrected chi connectivity index (χ1v) is 41.2. The minimum Gasteiger partial charge on any atom is -0.387 e. The largest absolute Gasteiger partial charge is 0.472 e. The molecule has 0 bridgehead atoms. The van der Waals surface area contributed by atoms with E-state index in [0.717, 1.165) is 32.1 Å². The highest BCUT2D eigenvalue weighted by atomic mass is 31.2. The summed E-state index contributed by atoms with van der Waals surface area (Å²) in [5.41, 5.74) is 0. The number of carbonyl (C=O) groups excluding carboxylic acids is 1. The Morgan fingerprint density at radius 3 is 0.875 bits per heavy atom. The number of amides is 1. The molecule has 0 spiro atoms. The Bertz CT molecular complexity index is 1480. The average molecular weight is 1260 g/mol. The number of phosphoric ester groups is 1. The fourth-order valence-electron chi connectivity index (χ4n) is 12.5. The summed E-state index contributed by atoms with van der Waals surface area (Å²) >= 11 is 0. The van der Waals surface area contributed by atoms with Crippen LogP contribution in [0.5, 0.6) is 0 Å². The molecule has 0 aromatic heterocycles. The second kappa shape index (κ2) is 70.3. The molecule has 0 aliphatic rings. The highest BCUT2D eigenvalue weighted by Gasteiger charge is 2.28. The molecule has 0 saturated carbocycles. The molecule has 0 aliphatic heterocycles. The van der Waals surface area contributed by atoms with Crippen molar-refractivity contribution in [2.24, 2.45) is 0 Å². The van der Waals surface area contributed by atoms with Crippen LogP contribution in [0.25, 0.3) is 0 Å². The van der Waals surface area contributed by atoms with E-state index in [4.69, 9.17) is 9.05 Å². The van der Waals surface area contributed by atoms with Gasteiger partial charge in [-0.05, 0) is 44.9 Å². The van der Waals surface area contributed by atoms with Crippen LogP contribution >= 0.6 is 7.82 Å². The Morgan fingerprint density at radius 1 is 0.375 bits per heavy atom. The number of rotatable bonds is 75. The van der Waals surface area contributed by atoms with E-state index in [2.05, 4.69) is 31.3 Å². The van der Waals surface area contributed by atoms with Gasteiger partial charge < -0.3 is 19.8 Å². The minimum absolute atomic E-state index is 0.0649. The van der Waals surface area contributed by atoms with E-state index in [0.29, 0.717) is 17.4 Å². The Labute approximate surface area is 551 Å². The van der Waals surface area contributed by atoms with Gasteiger partial charge >= 0.3 is 7.82 Å². The summed E-state index contributed by atoms with van der Waals surface area (Å²) in [6.07, 6.45) is 93.7. The molecule has 0 aromatic carbocycles. The molecule has 0 saturated heterocycles. The van der Waals surface area contributed by atoms with Crippen LogP contribution in [0.4, 0.5) is 0 Å². The predicted octanol–water partition coefficient (Wildman–Crippen LogP) is 25.8. The van der Waals surface area contributed by atoms with Crippen molar-refractivity contribution < 1.29 is 32.9 Å². The van der Waals surface area contributed by atoms with Gasteiger partial charge in [0.15, 0.2) is 0 Å². The Hall–Kier alpha value is -1.02. The van der Waals surface area contributed by atoms with E-state index >= 15 is 0 Å². The number of aliphatic hydroxyl groups excluding tert-OH is 1. The van der Waals surface area contributed by atoms with Gasteiger partial charge in [-0.15, -0.1) is 0 Å². The maximum Gasteiger partial charge on any atom is 0.472 e. The number of hydrogen-bond donors (Lipinski definition) is 3. The zero-order valence-corrected chi connectivity index (χ0v) is 61.2. The normalized spacial score (nSPS) is 13.6. The zero-order valence-electron chi connectivity index (χ0n) is 60.3. The molecule has 0 heterocycles. The number of carbonyl (C=O) groups is 1. The molecule has 524 valence electrons. The molecule has 0 radical (unpaired) electrons. The first kappa shape index (κ1) is 87.0. The van der Waals surface area contributed by atoms with Crippen LogP contribution in [0.2, 0.25) is 0 Å². The maximum atomic E-state index is 13.1. The molecule has 8 nitrogen and oxygen atoms in total. The Morgan fingerprint density at radius 2 is 0.614 bits per heavy atom. The second-order valence-corrected chi connectivity index (χ2v) is 30.3. The van der Waals surface area contributed by atoms with Crippen molar-refractivity contribution in [1.29, 1.82) is 0 Å². The van der Waals surface area contributed by atoms with Crippen LogP contribution in [-0.2, 0) is 18.4 Å². The van der Waals surface area contributed by atoms with Crippen molar-refractivity contribution in [3.05, 3.63) is 24.3 Å². The lowest BCUT2D eigenvalue weighted by Crippen LogP contribution is -2.45. The molecular formula is C79H158N2O6P+. The van der Waals surface area contributed by atoms with Crippen LogP contribution < -0.4 is 5.32 Å². The first-order valence-electron chi connectivity index (χ1n) is 39.7. The summed E-state index contributed by atoms with van der Waals surface area (Å²) in [6.45, 7) is 4.89. The smallest absolute Gasteiger partial charge is 0.387 e. The third-order valence-electron chi connectivity index (χ3n) is 18.7. The SMILES string of the molecule is CCCCCCCCCC/C=C\CCCCCCCCCCCCCCCCCCCCCCCCCCCC(=O)NC(COP(=O)(O)OCC[N+](C)(C)C)C(O)/C=C/CCCCCCCCCCCCCCCCCCCCCCCCCCCCC. The van der Waals surface area contributed by atoms with Crippen molar-refractivity contribution in [2.75, 3.05) is 40.9 Å². The van der Waals surface area contributed by atoms with Crippen molar-refractivity contribution in [3.8, 4) is 0 Å². The number of aliphatic hydroxyl groups is 1. The third kappa shape index (κ3) is 72.4. The van der Waals surface area contributed by atoms with E-state index in [1.165, 1.54) is 372 Å². The van der Waals surface area contributed by atoms with Gasteiger partial charge in [-0.2, -0.15) is 0 Å². The fraction of sp³-hybridized carbons (Fsp3) is 0.937. The highest BCUT2D eigenvalue weighted by Crippen LogP contribution is 2.43. The number of nitrogens with one attached hydrogen (secondary N) is 1. The van der Waals surface area contributed by atoms with E-state index in [1.54, 1.807) is 6.08 Å². The molecular weight excluding hydrogens is 1100 g/mol. The number of likely N-dealkylation sites (N-methyl/N-ethyl adjacent to an activating group) is 1. The molecule has 9 heteroatoms. The fourth-order valence-corrected chi connectivity index (χ4v) is 13.3. The number of nitrogens with zero attached hydrogens (tertiary/aromatic N) is 1. The average Bonchev–Trinajstić information content (AvgIpc) is 3.70. The Balaban J connectivity index is 3.93. The van der Waals surface area contributed by atoms with E-state index in [9.17, 15) is 19.4 Å². The van der Waals surface area contributed by atoms with Gasteiger partial charge in [0.1, 0.15) is 13.2 Å². The third-order valence-corrected chi connectivity index (χ3v) is 19.6. The first-order chi connectivity index (χ1) is 43.0. The van der Waals surface area contributed by atoms with Gasteiger partial charge in [0.25, 0.3) is 0 Å². The van der Waals surface area contributed by atoms with Gasteiger partial charge in [0.05, 0.1) is 39.9 Å². The van der Waals surface area contributed by atoms with Crippen LogP contribution in [0, 0.1) is 0 Å². The number of quaternary nitrogens is 1. The van der Waals surface area contributed by atoms with Crippen LogP contribution in [0.3, 0.4) is 0 Å². The van der Waals surface area contributed by atoms with Crippen LogP contribution in [0.1, 0.15) is 425 Å². The maximum absolute atomic E-state index is 13.1. The lowest BCUT2D eigenvalue weighted by molar-refractivity contribution is -0.870. The molecule has 3 atom stereocenters. The van der Waals surface area contributed by atoms with Crippen molar-refractivity contribution in [1.82, 2.24) is 5.32 Å². The molecule has 1 amide bonds. The minimum atomic E-state index is -4.35. The summed E-state index contributed by atoms with van der Waals surface area (Å²) < 4.78 is 23.9. The number of phosphoric acid groups is 1. The predicted molar refractivity (Wildman–Crippen MR) is 388 cm³/mol. The Kier molecular flexibility index (Phi) is 69.5. The molecule has 3 N–H and O–H groups in total. The van der Waals surface area contributed by atoms with Crippen molar-refractivity contribution in [3.63, 3.8) is 0 Å². The van der Waals surface area contributed by atoms with E-state index < -0.39 is 20.0 Å². The van der Waals surface area contributed by atoms with Gasteiger partial charge in [0, 0.05) is 6.42 Å². The molecule has 0 aromatic rings. The highest BCUT2D eigenvalue weighted by molar-refractivity contribution is 7.47. The van der Waals surface area contributed by atoms with Gasteiger partial charge in [-0.1, -0.05) is 398 Å². The molecule has 0 aliphatic carbocycles.